The number of anilines is 2. The Bertz CT molecular complexity index is 355. The lowest BCUT2D eigenvalue weighted by Crippen LogP contribution is -2.38. The molecule has 0 aromatic heterocycles. The average Bonchev–Trinajstić information content (AvgIpc) is 2.46. The zero-order valence-corrected chi connectivity index (χ0v) is 8.37. The molecule has 0 saturated heterocycles. The first kappa shape index (κ1) is 8.16. The molecule has 1 heterocycles. The molecule has 0 radical (unpaired) electrons. The Kier molecular flexibility index (Phi) is 1.69. The normalized spacial score (nSPS) is 20.7. The van der Waals surface area contributed by atoms with Crippen molar-refractivity contribution in [3.8, 4) is 0 Å². The van der Waals surface area contributed by atoms with Crippen LogP contribution in [0.4, 0.5) is 11.4 Å². The summed E-state index contributed by atoms with van der Waals surface area (Å²) in [6.45, 7) is 1.20. The molecule has 0 unspecified atom stereocenters. The van der Waals surface area contributed by atoms with Crippen LogP contribution >= 0.6 is 0 Å². The minimum Gasteiger partial charge on any atom is -0.399 e. The van der Waals surface area contributed by atoms with Gasteiger partial charge in [0.25, 0.3) is 0 Å². The van der Waals surface area contributed by atoms with Crippen LogP contribution in [-0.2, 0) is 6.42 Å². The van der Waals surface area contributed by atoms with Gasteiger partial charge in [0.2, 0.25) is 0 Å². The van der Waals surface area contributed by atoms with Crippen molar-refractivity contribution in [3.05, 3.63) is 23.8 Å². The van der Waals surface area contributed by atoms with E-state index >= 15 is 0 Å². The Labute approximate surface area is 84.7 Å². The molecule has 1 aromatic rings. The summed E-state index contributed by atoms with van der Waals surface area (Å²) in [6.07, 6.45) is 5.34. The van der Waals surface area contributed by atoms with Crippen molar-refractivity contribution in [1.29, 1.82) is 0 Å². The number of hydrogen-bond acceptors (Lipinski definition) is 2. The van der Waals surface area contributed by atoms with E-state index in [0.717, 1.165) is 11.7 Å². The second-order valence-corrected chi connectivity index (χ2v) is 4.42. The van der Waals surface area contributed by atoms with Crippen molar-refractivity contribution in [2.75, 3.05) is 17.2 Å². The van der Waals surface area contributed by atoms with Gasteiger partial charge in [-0.3, -0.25) is 0 Å². The summed E-state index contributed by atoms with van der Waals surface area (Å²) in [5.74, 6) is 0. The molecule has 2 aliphatic rings. The van der Waals surface area contributed by atoms with Crippen LogP contribution in [0.1, 0.15) is 24.8 Å². The molecule has 1 aliphatic carbocycles. The van der Waals surface area contributed by atoms with E-state index in [1.165, 1.54) is 43.5 Å². The molecule has 1 saturated carbocycles. The Hall–Kier alpha value is -1.18. The first-order valence-electron chi connectivity index (χ1n) is 5.49. The Balaban J connectivity index is 1.95. The molecule has 2 heteroatoms. The summed E-state index contributed by atoms with van der Waals surface area (Å²) in [5.41, 5.74) is 9.60. The fourth-order valence-electron chi connectivity index (χ4n) is 2.50. The first-order chi connectivity index (χ1) is 6.84. The molecular formula is C12H16N2. The molecule has 14 heavy (non-hydrogen) atoms. The monoisotopic (exact) mass is 188 g/mol. The lowest BCUT2D eigenvalue weighted by molar-refractivity contribution is 0.392. The highest BCUT2D eigenvalue weighted by Crippen LogP contribution is 2.36. The molecule has 0 spiro atoms. The van der Waals surface area contributed by atoms with Crippen LogP contribution in [0, 0.1) is 0 Å². The van der Waals surface area contributed by atoms with Gasteiger partial charge >= 0.3 is 0 Å². The average molecular weight is 188 g/mol. The highest BCUT2D eigenvalue weighted by molar-refractivity contribution is 5.65. The van der Waals surface area contributed by atoms with E-state index in [4.69, 9.17) is 5.73 Å². The largest absolute Gasteiger partial charge is 0.399 e. The third-order valence-corrected chi connectivity index (χ3v) is 3.56. The third-order valence-electron chi connectivity index (χ3n) is 3.56. The van der Waals surface area contributed by atoms with E-state index in [0.29, 0.717) is 0 Å². The SMILES string of the molecule is Nc1ccc2c(c1)N(C1CCC1)CC2. The maximum Gasteiger partial charge on any atom is 0.0422 e. The fourth-order valence-corrected chi connectivity index (χ4v) is 2.50. The van der Waals surface area contributed by atoms with Crippen LogP contribution in [0.3, 0.4) is 0 Å². The molecule has 3 rings (SSSR count). The number of hydrogen-bond donors (Lipinski definition) is 1. The summed E-state index contributed by atoms with van der Waals surface area (Å²) >= 11 is 0. The van der Waals surface area contributed by atoms with E-state index in [-0.39, 0.29) is 0 Å². The first-order valence-corrected chi connectivity index (χ1v) is 5.49. The molecule has 0 bridgehead atoms. The second-order valence-electron chi connectivity index (χ2n) is 4.42. The zero-order chi connectivity index (χ0) is 9.54. The number of rotatable bonds is 1. The van der Waals surface area contributed by atoms with Gasteiger partial charge in [0.15, 0.2) is 0 Å². The van der Waals surface area contributed by atoms with E-state index in [1.54, 1.807) is 0 Å². The van der Waals surface area contributed by atoms with Gasteiger partial charge in [0.1, 0.15) is 0 Å². The predicted octanol–water partition coefficient (Wildman–Crippen LogP) is 2.18. The Morgan fingerprint density at radius 3 is 2.86 bits per heavy atom. The fraction of sp³-hybridized carbons (Fsp3) is 0.500. The van der Waals surface area contributed by atoms with Gasteiger partial charge in [-0.2, -0.15) is 0 Å². The van der Waals surface area contributed by atoms with Crippen LogP contribution in [-0.4, -0.2) is 12.6 Å². The van der Waals surface area contributed by atoms with Gasteiger partial charge < -0.3 is 10.6 Å². The van der Waals surface area contributed by atoms with Crippen molar-refractivity contribution in [3.63, 3.8) is 0 Å². The van der Waals surface area contributed by atoms with E-state index in [1.807, 2.05) is 6.07 Å². The van der Waals surface area contributed by atoms with Crippen molar-refractivity contribution in [2.45, 2.75) is 31.7 Å². The smallest absolute Gasteiger partial charge is 0.0422 e. The Morgan fingerprint density at radius 1 is 1.29 bits per heavy atom. The number of nitrogen functional groups attached to an aromatic ring is 1. The maximum atomic E-state index is 5.83. The molecule has 1 aliphatic heterocycles. The molecule has 74 valence electrons. The van der Waals surface area contributed by atoms with Crippen LogP contribution in [0.15, 0.2) is 18.2 Å². The summed E-state index contributed by atoms with van der Waals surface area (Å²) in [7, 11) is 0. The van der Waals surface area contributed by atoms with Gasteiger partial charge in [0, 0.05) is 24.0 Å². The van der Waals surface area contributed by atoms with Crippen LogP contribution in [0.5, 0.6) is 0 Å². The third kappa shape index (κ3) is 1.10. The molecule has 0 atom stereocenters. The van der Waals surface area contributed by atoms with E-state index < -0.39 is 0 Å². The summed E-state index contributed by atoms with van der Waals surface area (Å²) in [6, 6.07) is 7.14. The lowest BCUT2D eigenvalue weighted by Gasteiger charge is -2.36. The molecule has 2 N–H and O–H groups in total. The standard InChI is InChI=1S/C12H16N2/c13-10-5-4-9-6-7-14(12(9)8-10)11-2-1-3-11/h4-5,8,11H,1-3,6-7,13H2. The van der Waals surface area contributed by atoms with Gasteiger partial charge in [-0.1, -0.05) is 6.07 Å². The molecule has 1 fully saturated rings. The number of nitrogens with two attached hydrogens (primary N) is 1. The molecular weight excluding hydrogens is 172 g/mol. The number of fused-ring (bicyclic) bond motifs is 1. The minimum absolute atomic E-state index is 0.804. The van der Waals surface area contributed by atoms with Gasteiger partial charge in [0.05, 0.1) is 0 Å². The maximum absolute atomic E-state index is 5.83. The lowest BCUT2D eigenvalue weighted by atomic mass is 9.91. The highest BCUT2D eigenvalue weighted by Gasteiger charge is 2.29. The van der Waals surface area contributed by atoms with E-state index in [9.17, 15) is 0 Å². The summed E-state index contributed by atoms with van der Waals surface area (Å²) in [4.78, 5) is 2.55. The quantitative estimate of drug-likeness (QED) is 0.684. The topological polar surface area (TPSA) is 29.3 Å². The number of benzene rings is 1. The second kappa shape index (κ2) is 2.91. The van der Waals surface area contributed by atoms with Gasteiger partial charge in [-0.25, -0.2) is 0 Å². The Morgan fingerprint density at radius 2 is 2.14 bits per heavy atom. The van der Waals surface area contributed by atoms with Crippen LogP contribution < -0.4 is 10.6 Å². The van der Waals surface area contributed by atoms with Crippen molar-refractivity contribution >= 4 is 11.4 Å². The molecule has 1 aromatic carbocycles. The molecule has 2 nitrogen and oxygen atoms in total. The van der Waals surface area contributed by atoms with Gasteiger partial charge in [-0.15, -0.1) is 0 Å². The highest BCUT2D eigenvalue weighted by atomic mass is 15.2. The summed E-state index contributed by atoms with van der Waals surface area (Å²) < 4.78 is 0. The number of nitrogens with zero attached hydrogens (tertiary/aromatic N) is 1. The van der Waals surface area contributed by atoms with Crippen LogP contribution in [0.25, 0.3) is 0 Å². The predicted molar refractivity (Wildman–Crippen MR) is 59.5 cm³/mol. The van der Waals surface area contributed by atoms with Gasteiger partial charge in [-0.05, 0) is 43.4 Å². The summed E-state index contributed by atoms with van der Waals surface area (Å²) in [5, 5.41) is 0. The van der Waals surface area contributed by atoms with Crippen molar-refractivity contribution < 1.29 is 0 Å². The minimum atomic E-state index is 0.804. The van der Waals surface area contributed by atoms with Crippen LogP contribution in [0.2, 0.25) is 0 Å². The van der Waals surface area contributed by atoms with E-state index in [2.05, 4.69) is 17.0 Å². The van der Waals surface area contributed by atoms with Crippen molar-refractivity contribution in [1.82, 2.24) is 0 Å². The molecule has 0 amide bonds. The van der Waals surface area contributed by atoms with Crippen molar-refractivity contribution in [2.24, 2.45) is 0 Å². The zero-order valence-electron chi connectivity index (χ0n) is 8.37.